The number of amides is 1. The van der Waals surface area contributed by atoms with Crippen LogP contribution in [0.5, 0.6) is 0 Å². The third-order valence-corrected chi connectivity index (χ3v) is 2.79. The molecule has 0 bridgehead atoms. The summed E-state index contributed by atoms with van der Waals surface area (Å²) in [5.41, 5.74) is 0.401. The second-order valence-electron chi connectivity index (χ2n) is 4.10. The fourth-order valence-electron chi connectivity index (χ4n) is 1.83. The molecule has 1 aromatic heterocycles. The largest absolute Gasteiger partial charge is 0.310 e. The predicted molar refractivity (Wildman–Crippen MR) is 73.4 cm³/mol. The lowest BCUT2D eigenvalue weighted by Crippen LogP contribution is -2.35. The van der Waals surface area contributed by atoms with Crippen molar-refractivity contribution in [1.29, 1.82) is 0 Å². The number of hydrogen-bond donors (Lipinski definition) is 1. The van der Waals surface area contributed by atoms with Crippen LogP contribution < -0.4 is 10.5 Å². The number of para-hydroxylation sites is 1. The predicted octanol–water partition coefficient (Wildman–Crippen LogP) is 1.75. The molecule has 2 rings (SSSR count). The van der Waals surface area contributed by atoms with Crippen molar-refractivity contribution < 1.29 is 4.79 Å². The van der Waals surface area contributed by atoms with E-state index in [-0.39, 0.29) is 11.5 Å². The number of nitrogens with zero attached hydrogens (tertiary/aromatic N) is 2. The molecule has 5 heteroatoms. The van der Waals surface area contributed by atoms with Gasteiger partial charge in [0, 0.05) is 18.4 Å². The SMILES string of the molecule is CCN(C(=O)c1cnc(C)[nH]c1=O)c1ccccc1. The van der Waals surface area contributed by atoms with Gasteiger partial charge in [0.1, 0.15) is 11.4 Å². The Morgan fingerprint density at radius 3 is 2.58 bits per heavy atom. The highest BCUT2D eigenvalue weighted by molar-refractivity contribution is 6.05. The van der Waals surface area contributed by atoms with Crippen LogP contribution in [-0.4, -0.2) is 22.4 Å². The van der Waals surface area contributed by atoms with Crippen LogP contribution in [0.1, 0.15) is 23.1 Å². The smallest absolute Gasteiger partial charge is 0.265 e. The molecule has 1 N–H and O–H groups in total. The molecule has 1 heterocycles. The summed E-state index contributed by atoms with van der Waals surface area (Å²) < 4.78 is 0. The lowest BCUT2D eigenvalue weighted by atomic mass is 10.2. The summed E-state index contributed by atoms with van der Waals surface area (Å²) in [7, 11) is 0. The van der Waals surface area contributed by atoms with E-state index in [0.29, 0.717) is 12.4 Å². The number of carbonyl (C=O) groups excluding carboxylic acids is 1. The fraction of sp³-hybridized carbons (Fsp3) is 0.214. The molecule has 2 aromatic rings. The summed E-state index contributed by atoms with van der Waals surface area (Å²) >= 11 is 0. The first-order chi connectivity index (χ1) is 9.13. The number of anilines is 1. The lowest BCUT2D eigenvalue weighted by Gasteiger charge is -2.20. The van der Waals surface area contributed by atoms with E-state index < -0.39 is 5.56 Å². The molecule has 0 saturated heterocycles. The standard InChI is InChI=1S/C14H15N3O2/c1-3-17(11-7-5-4-6-8-11)14(19)12-9-15-10(2)16-13(12)18/h4-9H,3H2,1-2H3,(H,15,16,18). The normalized spacial score (nSPS) is 10.2. The minimum Gasteiger partial charge on any atom is -0.310 e. The number of nitrogens with one attached hydrogen (secondary N) is 1. The first kappa shape index (κ1) is 13.0. The maximum atomic E-state index is 12.4. The van der Waals surface area contributed by atoms with E-state index in [1.165, 1.54) is 6.20 Å². The van der Waals surface area contributed by atoms with Gasteiger partial charge in [-0.2, -0.15) is 0 Å². The van der Waals surface area contributed by atoms with Gasteiger partial charge in [-0.25, -0.2) is 4.98 Å². The van der Waals surface area contributed by atoms with E-state index in [4.69, 9.17) is 0 Å². The molecular weight excluding hydrogens is 242 g/mol. The first-order valence-corrected chi connectivity index (χ1v) is 6.06. The van der Waals surface area contributed by atoms with Crippen LogP contribution in [-0.2, 0) is 0 Å². The summed E-state index contributed by atoms with van der Waals surface area (Å²) in [6.45, 7) is 4.02. The molecule has 0 spiro atoms. The molecular formula is C14H15N3O2. The third-order valence-electron chi connectivity index (χ3n) is 2.79. The number of aromatic amines is 1. The van der Waals surface area contributed by atoms with E-state index >= 15 is 0 Å². The van der Waals surface area contributed by atoms with Gasteiger partial charge < -0.3 is 9.88 Å². The van der Waals surface area contributed by atoms with Crippen molar-refractivity contribution in [2.24, 2.45) is 0 Å². The van der Waals surface area contributed by atoms with Crippen LogP contribution in [0.25, 0.3) is 0 Å². The van der Waals surface area contributed by atoms with Crippen molar-refractivity contribution in [3.05, 3.63) is 58.3 Å². The average Bonchev–Trinajstić information content (AvgIpc) is 2.40. The van der Waals surface area contributed by atoms with Gasteiger partial charge in [-0.05, 0) is 26.0 Å². The fourth-order valence-corrected chi connectivity index (χ4v) is 1.83. The Kier molecular flexibility index (Phi) is 3.75. The summed E-state index contributed by atoms with van der Waals surface area (Å²) in [5, 5.41) is 0. The van der Waals surface area contributed by atoms with E-state index in [1.807, 2.05) is 37.3 Å². The molecule has 0 aliphatic heterocycles. The molecule has 0 unspecified atom stereocenters. The zero-order valence-corrected chi connectivity index (χ0v) is 10.9. The minimum atomic E-state index is -0.410. The Labute approximate surface area is 110 Å². The van der Waals surface area contributed by atoms with Gasteiger partial charge in [0.2, 0.25) is 0 Å². The van der Waals surface area contributed by atoms with Crippen molar-refractivity contribution in [3.8, 4) is 0 Å². The van der Waals surface area contributed by atoms with Gasteiger partial charge in [0.05, 0.1) is 0 Å². The minimum absolute atomic E-state index is 0.0521. The number of aryl methyl sites for hydroxylation is 1. The van der Waals surface area contributed by atoms with E-state index in [9.17, 15) is 9.59 Å². The molecule has 0 saturated carbocycles. The van der Waals surface area contributed by atoms with Crippen LogP contribution in [0.2, 0.25) is 0 Å². The highest BCUT2D eigenvalue weighted by Gasteiger charge is 2.19. The van der Waals surface area contributed by atoms with Crippen molar-refractivity contribution in [2.45, 2.75) is 13.8 Å². The molecule has 1 amide bonds. The van der Waals surface area contributed by atoms with E-state index in [2.05, 4.69) is 9.97 Å². The van der Waals surface area contributed by atoms with Gasteiger partial charge in [0.15, 0.2) is 0 Å². The van der Waals surface area contributed by atoms with E-state index in [0.717, 1.165) is 5.69 Å². The average molecular weight is 257 g/mol. The van der Waals surface area contributed by atoms with Crippen molar-refractivity contribution in [1.82, 2.24) is 9.97 Å². The van der Waals surface area contributed by atoms with Gasteiger partial charge in [-0.1, -0.05) is 18.2 Å². The maximum Gasteiger partial charge on any atom is 0.265 e. The van der Waals surface area contributed by atoms with Crippen molar-refractivity contribution in [3.63, 3.8) is 0 Å². The van der Waals surface area contributed by atoms with E-state index in [1.54, 1.807) is 11.8 Å². The summed E-state index contributed by atoms with van der Waals surface area (Å²) in [5.74, 6) is 0.145. The van der Waals surface area contributed by atoms with Gasteiger partial charge in [0.25, 0.3) is 11.5 Å². The Hall–Kier alpha value is -2.43. The lowest BCUT2D eigenvalue weighted by molar-refractivity contribution is 0.0986. The van der Waals surface area contributed by atoms with Gasteiger partial charge in [-0.15, -0.1) is 0 Å². The topological polar surface area (TPSA) is 66.1 Å². The van der Waals surface area contributed by atoms with Crippen LogP contribution in [0.3, 0.4) is 0 Å². The molecule has 1 aromatic carbocycles. The zero-order chi connectivity index (χ0) is 13.8. The molecule has 19 heavy (non-hydrogen) atoms. The van der Waals surface area contributed by atoms with Crippen LogP contribution in [0.15, 0.2) is 41.3 Å². The molecule has 0 fully saturated rings. The van der Waals surface area contributed by atoms with Gasteiger partial charge in [-0.3, -0.25) is 9.59 Å². The molecule has 0 atom stereocenters. The number of benzene rings is 1. The van der Waals surface area contributed by atoms with Crippen LogP contribution >= 0.6 is 0 Å². The number of aromatic nitrogens is 2. The second-order valence-corrected chi connectivity index (χ2v) is 4.10. The Morgan fingerprint density at radius 2 is 2.00 bits per heavy atom. The Morgan fingerprint density at radius 1 is 1.32 bits per heavy atom. The molecule has 0 aliphatic carbocycles. The molecule has 5 nitrogen and oxygen atoms in total. The highest BCUT2D eigenvalue weighted by Crippen LogP contribution is 2.14. The number of H-pyrrole nitrogens is 1. The molecule has 0 aliphatic rings. The Bertz CT molecular complexity index is 635. The third kappa shape index (κ3) is 2.70. The first-order valence-electron chi connectivity index (χ1n) is 6.06. The van der Waals surface area contributed by atoms with Crippen LogP contribution in [0, 0.1) is 6.92 Å². The summed E-state index contributed by atoms with van der Waals surface area (Å²) in [6.07, 6.45) is 1.32. The summed E-state index contributed by atoms with van der Waals surface area (Å²) in [6, 6.07) is 9.24. The quantitative estimate of drug-likeness (QED) is 0.910. The van der Waals surface area contributed by atoms with Crippen molar-refractivity contribution in [2.75, 3.05) is 11.4 Å². The monoisotopic (exact) mass is 257 g/mol. The van der Waals surface area contributed by atoms with Gasteiger partial charge >= 0.3 is 0 Å². The summed E-state index contributed by atoms with van der Waals surface area (Å²) in [4.78, 5) is 32.2. The Balaban J connectivity index is 2.39. The molecule has 0 radical (unpaired) electrons. The van der Waals surface area contributed by atoms with Crippen LogP contribution in [0.4, 0.5) is 5.69 Å². The zero-order valence-electron chi connectivity index (χ0n) is 10.9. The highest BCUT2D eigenvalue weighted by atomic mass is 16.2. The number of hydrogen-bond acceptors (Lipinski definition) is 3. The maximum absolute atomic E-state index is 12.4. The number of rotatable bonds is 3. The van der Waals surface area contributed by atoms with Crippen molar-refractivity contribution >= 4 is 11.6 Å². The number of carbonyl (C=O) groups is 1. The molecule has 98 valence electrons. The second kappa shape index (κ2) is 5.48.